The van der Waals surface area contributed by atoms with Gasteiger partial charge in [-0.05, 0) is 29.3 Å². The molecule has 0 saturated heterocycles. The number of nitrogens with two attached hydrogens (primary N) is 1. The van der Waals surface area contributed by atoms with E-state index in [9.17, 15) is 9.90 Å². The van der Waals surface area contributed by atoms with Gasteiger partial charge in [0, 0.05) is 11.6 Å². The van der Waals surface area contributed by atoms with E-state index in [1.54, 1.807) is 53.5 Å². The summed E-state index contributed by atoms with van der Waals surface area (Å²) in [7, 11) is 0. The first-order chi connectivity index (χ1) is 10.2. The number of nitrogens with one attached hydrogen (secondary N) is 1. The molecule has 3 rings (SSSR count). The summed E-state index contributed by atoms with van der Waals surface area (Å²) in [6, 6.07) is 12.1. The highest BCUT2D eigenvalue weighted by Gasteiger charge is 2.22. The van der Waals surface area contributed by atoms with Gasteiger partial charge in [-0.15, -0.1) is 0 Å². The standard InChI is InChI=1S/C15H12N4O2/c16-18-15(21)10-5-6-12-13(7-10)19(9-17-12)8-11-3-1-2-4-14(11)20/h1-9H,16H2,(H,18,21)/p+1. The average Bonchev–Trinajstić information content (AvgIpc) is 2.91. The Morgan fingerprint density at radius 3 is 2.86 bits per heavy atom. The number of carbonyl (C=O) groups excluding carboxylic acids is 1. The fourth-order valence-corrected chi connectivity index (χ4v) is 2.10. The van der Waals surface area contributed by atoms with Gasteiger partial charge in [0.2, 0.25) is 5.69 Å². The molecule has 0 aromatic heterocycles. The van der Waals surface area contributed by atoms with Crippen LogP contribution in [0.15, 0.2) is 47.5 Å². The molecule has 0 aliphatic carbocycles. The molecule has 0 unspecified atom stereocenters. The molecule has 1 aliphatic rings. The van der Waals surface area contributed by atoms with Crippen molar-refractivity contribution in [3.05, 3.63) is 53.6 Å². The molecule has 4 N–H and O–H groups in total. The summed E-state index contributed by atoms with van der Waals surface area (Å²) in [5, 5.41) is 9.82. The van der Waals surface area contributed by atoms with Crippen LogP contribution in [0.4, 0.5) is 11.4 Å². The number of hydrogen-bond donors (Lipinski definition) is 3. The number of para-hydroxylation sites is 1. The normalized spacial score (nSPS) is 14.2. The number of phenols is 1. The number of rotatable bonds is 2. The second-order valence-electron chi connectivity index (χ2n) is 4.52. The van der Waals surface area contributed by atoms with Crippen molar-refractivity contribution in [1.82, 2.24) is 5.43 Å². The topological polar surface area (TPSA) is 90.7 Å². The quantitative estimate of drug-likeness (QED) is 0.336. The first kappa shape index (κ1) is 13.0. The Balaban J connectivity index is 2.05. The molecule has 6 nitrogen and oxygen atoms in total. The molecule has 0 fully saturated rings. The van der Waals surface area contributed by atoms with Crippen molar-refractivity contribution in [2.24, 2.45) is 10.8 Å². The van der Waals surface area contributed by atoms with Gasteiger partial charge in [0.15, 0.2) is 5.69 Å². The molecule has 0 bridgehead atoms. The van der Waals surface area contributed by atoms with Crippen LogP contribution in [0.3, 0.4) is 0 Å². The summed E-state index contributed by atoms with van der Waals surface area (Å²) < 4.78 is 1.75. The van der Waals surface area contributed by atoms with Crippen LogP contribution in [0.25, 0.3) is 0 Å². The van der Waals surface area contributed by atoms with E-state index in [4.69, 9.17) is 5.84 Å². The van der Waals surface area contributed by atoms with Crippen molar-refractivity contribution < 1.29 is 14.5 Å². The summed E-state index contributed by atoms with van der Waals surface area (Å²) in [6.45, 7) is 0. The van der Waals surface area contributed by atoms with E-state index in [0.29, 0.717) is 11.1 Å². The molecule has 0 radical (unpaired) electrons. The van der Waals surface area contributed by atoms with Crippen molar-refractivity contribution in [2.75, 3.05) is 0 Å². The first-order valence-corrected chi connectivity index (χ1v) is 6.29. The lowest BCUT2D eigenvalue weighted by Gasteiger charge is -2.02. The van der Waals surface area contributed by atoms with Gasteiger partial charge in [-0.25, -0.2) is 5.84 Å². The highest BCUT2D eigenvalue weighted by Crippen LogP contribution is 2.32. The van der Waals surface area contributed by atoms with Gasteiger partial charge in [0.05, 0.1) is 5.56 Å². The monoisotopic (exact) mass is 281 g/mol. The van der Waals surface area contributed by atoms with Crippen LogP contribution < -0.4 is 11.3 Å². The number of nitrogens with zero attached hydrogens (tertiary/aromatic N) is 2. The molecule has 0 saturated carbocycles. The van der Waals surface area contributed by atoms with Gasteiger partial charge in [-0.1, -0.05) is 12.1 Å². The van der Waals surface area contributed by atoms with Crippen molar-refractivity contribution in [3.8, 4) is 5.75 Å². The number of aliphatic imine (C=N–C) groups is 1. The maximum Gasteiger partial charge on any atom is 0.292 e. The Morgan fingerprint density at radius 1 is 1.29 bits per heavy atom. The molecule has 0 spiro atoms. The molecular weight excluding hydrogens is 268 g/mol. The maximum atomic E-state index is 11.6. The predicted molar refractivity (Wildman–Crippen MR) is 79.4 cm³/mol. The van der Waals surface area contributed by atoms with E-state index in [1.165, 1.54) is 0 Å². The zero-order chi connectivity index (χ0) is 14.8. The lowest BCUT2D eigenvalue weighted by molar-refractivity contribution is -0.282. The zero-order valence-electron chi connectivity index (χ0n) is 11.0. The van der Waals surface area contributed by atoms with E-state index >= 15 is 0 Å². The largest absolute Gasteiger partial charge is 0.507 e. The smallest absolute Gasteiger partial charge is 0.292 e. The van der Waals surface area contributed by atoms with Crippen molar-refractivity contribution in [2.45, 2.75) is 0 Å². The minimum absolute atomic E-state index is 0.176. The molecule has 0 atom stereocenters. The number of hydrogen-bond acceptors (Lipinski definition) is 4. The number of phenolic OH excluding ortho intramolecular Hbond substituents is 1. The highest BCUT2D eigenvalue weighted by atomic mass is 16.3. The lowest BCUT2D eigenvalue weighted by Crippen LogP contribution is -2.29. The Hall–Kier alpha value is -2.99. The number of carbonyl (C=O) groups is 1. The fraction of sp³-hybridized carbons (Fsp3) is 0. The van der Waals surface area contributed by atoms with Crippen LogP contribution in [0, 0.1) is 0 Å². The third-order valence-electron chi connectivity index (χ3n) is 3.18. The van der Waals surface area contributed by atoms with Crippen molar-refractivity contribution >= 4 is 29.8 Å². The minimum Gasteiger partial charge on any atom is -0.507 e. The summed E-state index contributed by atoms with van der Waals surface area (Å²) in [5.74, 6) is 4.95. The number of hydrazine groups is 1. The SMILES string of the molecule is NNC(=O)c1ccc2c(c1)[N+](=Cc1ccccc1O)C=N2. The van der Waals surface area contributed by atoms with Gasteiger partial charge in [-0.3, -0.25) is 10.2 Å². The summed E-state index contributed by atoms with van der Waals surface area (Å²) in [6.07, 6.45) is 3.37. The van der Waals surface area contributed by atoms with E-state index in [2.05, 4.69) is 10.4 Å². The molecule has 1 heterocycles. The van der Waals surface area contributed by atoms with Gasteiger partial charge in [0.25, 0.3) is 12.2 Å². The Morgan fingerprint density at radius 2 is 2.10 bits per heavy atom. The van der Waals surface area contributed by atoms with Crippen LogP contribution in [-0.2, 0) is 0 Å². The molecule has 104 valence electrons. The second kappa shape index (κ2) is 5.18. The summed E-state index contributed by atoms with van der Waals surface area (Å²) in [4.78, 5) is 15.8. The number of fused-ring (bicyclic) bond motifs is 1. The molecule has 21 heavy (non-hydrogen) atoms. The molecule has 2 aromatic rings. The Labute approximate surface area is 120 Å². The third-order valence-corrected chi connectivity index (χ3v) is 3.18. The molecule has 2 aromatic carbocycles. The fourth-order valence-electron chi connectivity index (χ4n) is 2.10. The first-order valence-electron chi connectivity index (χ1n) is 6.29. The maximum absolute atomic E-state index is 11.6. The van der Waals surface area contributed by atoms with Crippen molar-refractivity contribution in [1.29, 1.82) is 0 Å². The van der Waals surface area contributed by atoms with E-state index in [-0.39, 0.29) is 11.7 Å². The van der Waals surface area contributed by atoms with Gasteiger partial charge >= 0.3 is 0 Å². The van der Waals surface area contributed by atoms with E-state index in [1.807, 2.05) is 6.07 Å². The van der Waals surface area contributed by atoms with Gasteiger partial charge in [-0.2, -0.15) is 4.58 Å². The third kappa shape index (κ3) is 2.39. The summed E-state index contributed by atoms with van der Waals surface area (Å²) >= 11 is 0. The predicted octanol–water partition coefficient (Wildman–Crippen LogP) is 1.43. The Bertz CT molecular complexity index is 781. The van der Waals surface area contributed by atoms with Crippen molar-refractivity contribution in [3.63, 3.8) is 0 Å². The van der Waals surface area contributed by atoms with E-state index < -0.39 is 0 Å². The number of amides is 1. The summed E-state index contributed by atoms with van der Waals surface area (Å²) in [5.41, 5.74) is 4.69. The zero-order valence-corrected chi connectivity index (χ0v) is 11.0. The van der Waals surface area contributed by atoms with E-state index in [0.717, 1.165) is 11.4 Å². The second-order valence-corrected chi connectivity index (χ2v) is 4.52. The molecular formula is C15H13N4O2+. The van der Waals surface area contributed by atoms with Gasteiger partial charge < -0.3 is 5.11 Å². The lowest BCUT2D eigenvalue weighted by atomic mass is 10.1. The van der Waals surface area contributed by atoms with Crippen LogP contribution >= 0.6 is 0 Å². The van der Waals surface area contributed by atoms with Crippen LogP contribution in [-0.4, -0.2) is 28.1 Å². The van der Waals surface area contributed by atoms with Crippen LogP contribution in [0.5, 0.6) is 5.75 Å². The Kier molecular flexibility index (Phi) is 3.21. The average molecular weight is 281 g/mol. The van der Waals surface area contributed by atoms with Crippen LogP contribution in [0.2, 0.25) is 0 Å². The molecule has 6 heteroatoms. The minimum atomic E-state index is -0.368. The number of benzene rings is 2. The number of aromatic hydroxyl groups is 1. The highest BCUT2D eigenvalue weighted by molar-refractivity contribution is 5.96. The van der Waals surface area contributed by atoms with Crippen LogP contribution in [0.1, 0.15) is 15.9 Å². The van der Waals surface area contributed by atoms with Gasteiger partial charge in [0.1, 0.15) is 12.0 Å². The number of nitrogen functional groups attached to an aromatic ring is 1. The molecule has 1 amide bonds. The molecule has 1 aliphatic heterocycles.